The zero-order valence-electron chi connectivity index (χ0n) is 13.9. The zero-order chi connectivity index (χ0) is 17.0. The summed E-state index contributed by atoms with van der Waals surface area (Å²) in [4.78, 5) is 12.0. The molecule has 0 saturated carbocycles. The van der Waals surface area contributed by atoms with E-state index in [4.69, 9.17) is 16.3 Å². The van der Waals surface area contributed by atoms with Gasteiger partial charge in [-0.1, -0.05) is 41.4 Å². The molecule has 0 spiro atoms. The molecule has 0 aliphatic heterocycles. The maximum Gasteiger partial charge on any atom is 0.258 e. The highest BCUT2D eigenvalue weighted by Crippen LogP contribution is 2.25. The number of halogens is 1. The molecule has 1 amide bonds. The molecule has 1 atom stereocenters. The van der Waals surface area contributed by atoms with Gasteiger partial charge in [0, 0.05) is 5.02 Å². The fraction of sp³-hybridized carbons (Fsp3) is 0.316. The van der Waals surface area contributed by atoms with Gasteiger partial charge in [0.1, 0.15) is 5.75 Å². The van der Waals surface area contributed by atoms with Crippen molar-refractivity contribution in [2.75, 3.05) is 6.61 Å². The van der Waals surface area contributed by atoms with Crippen molar-refractivity contribution in [3.63, 3.8) is 0 Å². The molecule has 1 N–H and O–H groups in total. The van der Waals surface area contributed by atoms with Crippen LogP contribution in [0.25, 0.3) is 0 Å². The molecule has 0 aliphatic rings. The first-order valence-corrected chi connectivity index (χ1v) is 8.00. The molecular formula is C19H22ClNO2. The van der Waals surface area contributed by atoms with Crippen molar-refractivity contribution in [1.82, 2.24) is 5.32 Å². The third-order valence-corrected chi connectivity index (χ3v) is 4.33. The first kappa shape index (κ1) is 17.4. The van der Waals surface area contributed by atoms with E-state index < -0.39 is 0 Å². The third kappa shape index (κ3) is 4.73. The number of amides is 1. The average Bonchev–Trinajstić information content (AvgIpc) is 2.51. The summed E-state index contributed by atoms with van der Waals surface area (Å²) >= 11 is 6.13. The quantitative estimate of drug-likeness (QED) is 0.874. The van der Waals surface area contributed by atoms with Crippen molar-refractivity contribution >= 4 is 17.5 Å². The summed E-state index contributed by atoms with van der Waals surface area (Å²) in [6, 6.07) is 11.7. The van der Waals surface area contributed by atoms with E-state index in [1.807, 2.05) is 64.1 Å². The molecule has 4 heteroatoms. The summed E-state index contributed by atoms with van der Waals surface area (Å²) in [6.45, 7) is 7.82. The lowest BCUT2D eigenvalue weighted by atomic mass is 10.1. The molecule has 122 valence electrons. The van der Waals surface area contributed by atoms with Gasteiger partial charge in [-0.2, -0.15) is 0 Å². The smallest absolute Gasteiger partial charge is 0.258 e. The van der Waals surface area contributed by atoms with Crippen LogP contribution in [0.5, 0.6) is 5.75 Å². The Labute approximate surface area is 142 Å². The predicted molar refractivity (Wildman–Crippen MR) is 94.2 cm³/mol. The third-order valence-electron chi connectivity index (χ3n) is 3.73. The van der Waals surface area contributed by atoms with Crippen LogP contribution in [0.4, 0.5) is 0 Å². The standard InChI is InChI=1S/C19H22ClNO2/c1-12-5-7-16(8-6-12)15(4)21-18(22)11-23-17-9-13(2)19(20)14(3)10-17/h5-10,15H,11H2,1-4H3,(H,21,22)/t15-/m1/s1. The Balaban J connectivity index is 1.91. The van der Waals surface area contributed by atoms with Gasteiger partial charge in [0.25, 0.3) is 5.91 Å². The molecule has 2 rings (SSSR count). The first-order valence-electron chi connectivity index (χ1n) is 7.62. The Morgan fingerprint density at radius 1 is 1.13 bits per heavy atom. The largest absolute Gasteiger partial charge is 0.484 e. The van der Waals surface area contributed by atoms with Gasteiger partial charge in [-0.15, -0.1) is 0 Å². The average molecular weight is 332 g/mol. The minimum Gasteiger partial charge on any atom is -0.484 e. The van der Waals surface area contributed by atoms with E-state index in [0.717, 1.165) is 21.7 Å². The number of ether oxygens (including phenoxy) is 1. The molecule has 2 aromatic carbocycles. The molecule has 2 aromatic rings. The Morgan fingerprint density at radius 3 is 2.26 bits per heavy atom. The van der Waals surface area contributed by atoms with Crippen LogP contribution in [0, 0.1) is 20.8 Å². The second kappa shape index (κ2) is 7.51. The maximum absolute atomic E-state index is 12.0. The lowest BCUT2D eigenvalue weighted by molar-refractivity contribution is -0.123. The fourth-order valence-corrected chi connectivity index (χ4v) is 2.47. The van der Waals surface area contributed by atoms with E-state index in [2.05, 4.69) is 5.32 Å². The lowest BCUT2D eigenvalue weighted by Crippen LogP contribution is -2.31. The van der Waals surface area contributed by atoms with Crippen LogP contribution in [0.3, 0.4) is 0 Å². The van der Waals surface area contributed by atoms with Gasteiger partial charge in [0.15, 0.2) is 6.61 Å². The molecule has 0 heterocycles. The summed E-state index contributed by atoms with van der Waals surface area (Å²) in [7, 11) is 0. The summed E-state index contributed by atoms with van der Waals surface area (Å²) in [5.74, 6) is 0.505. The van der Waals surface area contributed by atoms with E-state index >= 15 is 0 Å². The van der Waals surface area contributed by atoms with Gasteiger partial charge in [0.2, 0.25) is 0 Å². The number of carbonyl (C=O) groups is 1. The van der Waals surface area contributed by atoms with Gasteiger partial charge in [-0.25, -0.2) is 0 Å². The maximum atomic E-state index is 12.0. The van der Waals surface area contributed by atoms with Gasteiger partial charge < -0.3 is 10.1 Å². The molecule has 23 heavy (non-hydrogen) atoms. The topological polar surface area (TPSA) is 38.3 Å². The van der Waals surface area contributed by atoms with E-state index in [-0.39, 0.29) is 18.6 Å². The molecule has 0 bridgehead atoms. The van der Waals surface area contributed by atoms with Crippen LogP contribution in [-0.2, 0) is 4.79 Å². The van der Waals surface area contributed by atoms with E-state index in [9.17, 15) is 4.79 Å². The summed E-state index contributed by atoms with van der Waals surface area (Å²) < 4.78 is 5.57. The van der Waals surface area contributed by atoms with E-state index in [1.165, 1.54) is 5.56 Å². The Hall–Kier alpha value is -2.00. The Morgan fingerprint density at radius 2 is 1.70 bits per heavy atom. The van der Waals surface area contributed by atoms with Gasteiger partial charge >= 0.3 is 0 Å². The molecule has 3 nitrogen and oxygen atoms in total. The highest BCUT2D eigenvalue weighted by molar-refractivity contribution is 6.32. The molecule has 0 unspecified atom stereocenters. The second-order valence-electron chi connectivity index (χ2n) is 5.86. The minimum atomic E-state index is -0.150. The summed E-state index contributed by atoms with van der Waals surface area (Å²) in [5.41, 5.74) is 4.15. The van der Waals surface area contributed by atoms with Crippen molar-refractivity contribution in [2.24, 2.45) is 0 Å². The first-order chi connectivity index (χ1) is 10.9. The van der Waals surface area contributed by atoms with Crippen molar-refractivity contribution in [1.29, 1.82) is 0 Å². The number of carbonyl (C=O) groups excluding carboxylic acids is 1. The Kier molecular flexibility index (Phi) is 5.67. The van der Waals surface area contributed by atoms with Crippen molar-refractivity contribution in [3.05, 3.63) is 63.7 Å². The molecule has 0 aliphatic carbocycles. The zero-order valence-corrected chi connectivity index (χ0v) is 14.7. The molecule has 0 saturated heterocycles. The molecule has 0 aromatic heterocycles. The SMILES string of the molecule is Cc1ccc([C@@H](C)NC(=O)COc2cc(C)c(Cl)c(C)c2)cc1. The highest BCUT2D eigenvalue weighted by Gasteiger charge is 2.11. The van der Waals surface area contributed by atoms with Crippen LogP contribution in [0.1, 0.15) is 35.2 Å². The number of nitrogens with one attached hydrogen (secondary N) is 1. The molecule has 0 radical (unpaired) electrons. The number of hydrogen-bond acceptors (Lipinski definition) is 2. The number of rotatable bonds is 5. The van der Waals surface area contributed by atoms with Crippen molar-refractivity contribution in [3.8, 4) is 5.75 Å². The lowest BCUT2D eigenvalue weighted by Gasteiger charge is -2.15. The van der Waals surface area contributed by atoms with Crippen molar-refractivity contribution < 1.29 is 9.53 Å². The molecule has 0 fully saturated rings. The van der Waals surface area contributed by atoms with Gasteiger partial charge in [-0.3, -0.25) is 4.79 Å². The monoisotopic (exact) mass is 331 g/mol. The van der Waals surface area contributed by atoms with Gasteiger partial charge in [-0.05, 0) is 56.5 Å². The Bertz CT molecular complexity index is 672. The normalized spacial score (nSPS) is 11.9. The van der Waals surface area contributed by atoms with E-state index in [0.29, 0.717) is 5.75 Å². The predicted octanol–water partition coefficient (Wildman–Crippen LogP) is 4.52. The summed E-state index contributed by atoms with van der Waals surface area (Å²) in [5, 5.41) is 3.67. The van der Waals surface area contributed by atoms with Crippen LogP contribution in [0.2, 0.25) is 5.02 Å². The molecular weight excluding hydrogens is 310 g/mol. The number of aryl methyl sites for hydroxylation is 3. The number of benzene rings is 2. The highest BCUT2D eigenvalue weighted by atomic mass is 35.5. The van der Waals surface area contributed by atoms with E-state index in [1.54, 1.807) is 0 Å². The minimum absolute atomic E-state index is 0.0171. The van der Waals surface area contributed by atoms with Crippen LogP contribution in [0.15, 0.2) is 36.4 Å². The number of hydrogen-bond donors (Lipinski definition) is 1. The fourth-order valence-electron chi connectivity index (χ4n) is 2.36. The summed E-state index contributed by atoms with van der Waals surface area (Å²) in [6.07, 6.45) is 0. The van der Waals surface area contributed by atoms with Crippen molar-refractivity contribution in [2.45, 2.75) is 33.7 Å². The van der Waals surface area contributed by atoms with Gasteiger partial charge in [0.05, 0.1) is 6.04 Å². The van der Waals surface area contributed by atoms with Crippen LogP contribution >= 0.6 is 11.6 Å². The van der Waals surface area contributed by atoms with Crippen LogP contribution in [-0.4, -0.2) is 12.5 Å². The van der Waals surface area contributed by atoms with Crippen LogP contribution < -0.4 is 10.1 Å². The second-order valence-corrected chi connectivity index (χ2v) is 6.24.